The lowest BCUT2D eigenvalue weighted by molar-refractivity contribution is -0.154. The summed E-state index contributed by atoms with van der Waals surface area (Å²) in [5, 5.41) is 9.23. The highest BCUT2D eigenvalue weighted by Crippen LogP contribution is 2.26. The smallest absolute Gasteiger partial charge is 0.311 e. The quantitative estimate of drug-likeness (QED) is 0.0529. The van der Waals surface area contributed by atoms with Crippen molar-refractivity contribution in [2.24, 2.45) is 11.3 Å². The van der Waals surface area contributed by atoms with Crippen molar-refractivity contribution in [1.29, 1.82) is 0 Å². The van der Waals surface area contributed by atoms with E-state index < -0.39 is 5.41 Å². The molecule has 0 amide bonds. The summed E-state index contributed by atoms with van der Waals surface area (Å²) in [5.74, 6) is 0.733. The zero-order chi connectivity index (χ0) is 34.9. The highest BCUT2D eigenvalue weighted by molar-refractivity contribution is 5.75. The van der Waals surface area contributed by atoms with Crippen molar-refractivity contribution in [1.82, 2.24) is 4.90 Å². The zero-order valence-electron chi connectivity index (χ0n) is 32.2. The van der Waals surface area contributed by atoms with Gasteiger partial charge in [0.2, 0.25) is 0 Å². The third-order valence-corrected chi connectivity index (χ3v) is 9.49. The van der Waals surface area contributed by atoms with Crippen LogP contribution >= 0.6 is 0 Å². The van der Waals surface area contributed by atoms with Gasteiger partial charge in [0, 0.05) is 13.0 Å². The summed E-state index contributed by atoms with van der Waals surface area (Å²) < 4.78 is 11.1. The van der Waals surface area contributed by atoms with Gasteiger partial charge < -0.3 is 19.5 Å². The molecule has 47 heavy (non-hydrogen) atoms. The second-order valence-corrected chi connectivity index (χ2v) is 15.3. The Labute approximate surface area is 292 Å². The van der Waals surface area contributed by atoms with Crippen LogP contribution in [0.5, 0.6) is 0 Å². The molecule has 0 aliphatic carbocycles. The summed E-state index contributed by atoms with van der Waals surface area (Å²) in [5.41, 5.74) is -0.402. The molecule has 0 spiro atoms. The number of aliphatic hydroxyl groups is 1. The van der Waals surface area contributed by atoms with Crippen LogP contribution in [0.25, 0.3) is 0 Å². The first-order valence-corrected chi connectivity index (χ1v) is 20.4. The summed E-state index contributed by atoms with van der Waals surface area (Å²) in [6, 6.07) is 0. The van der Waals surface area contributed by atoms with Crippen molar-refractivity contribution in [2.45, 2.75) is 202 Å². The summed E-state index contributed by atoms with van der Waals surface area (Å²) in [7, 11) is 0. The lowest BCUT2D eigenvalue weighted by atomic mass is 9.87. The first kappa shape index (κ1) is 45.9. The molecule has 0 aliphatic rings. The van der Waals surface area contributed by atoms with Crippen LogP contribution in [-0.2, 0) is 19.1 Å². The number of esters is 2. The lowest BCUT2D eigenvalue weighted by Gasteiger charge is -2.23. The van der Waals surface area contributed by atoms with Crippen LogP contribution in [0.1, 0.15) is 202 Å². The van der Waals surface area contributed by atoms with Gasteiger partial charge in [-0.15, -0.1) is 0 Å². The predicted molar refractivity (Wildman–Crippen MR) is 200 cm³/mol. The van der Waals surface area contributed by atoms with Crippen molar-refractivity contribution in [3.8, 4) is 0 Å². The van der Waals surface area contributed by atoms with Crippen LogP contribution in [0, 0.1) is 11.3 Å². The Hall–Kier alpha value is -1.14. The Morgan fingerprint density at radius 3 is 1.64 bits per heavy atom. The second-order valence-electron chi connectivity index (χ2n) is 15.3. The van der Waals surface area contributed by atoms with Gasteiger partial charge in [-0.05, 0) is 90.8 Å². The lowest BCUT2D eigenvalue weighted by Crippen LogP contribution is -2.28. The fraction of sp³-hybridized carbons (Fsp3) is 0.951. The van der Waals surface area contributed by atoms with Gasteiger partial charge >= 0.3 is 11.9 Å². The summed E-state index contributed by atoms with van der Waals surface area (Å²) >= 11 is 0. The maximum Gasteiger partial charge on any atom is 0.311 e. The maximum atomic E-state index is 12.6. The Kier molecular flexibility index (Phi) is 32.6. The second kappa shape index (κ2) is 33.4. The van der Waals surface area contributed by atoms with Gasteiger partial charge in [-0.3, -0.25) is 9.59 Å². The first-order valence-electron chi connectivity index (χ1n) is 20.4. The minimum Gasteiger partial charge on any atom is -0.466 e. The number of hydrogen-bond donors (Lipinski definition) is 1. The molecule has 0 rings (SSSR count). The molecule has 0 aliphatic heterocycles. The number of ether oxygens (including phenoxy) is 2. The molecule has 0 aromatic rings. The van der Waals surface area contributed by atoms with E-state index >= 15 is 0 Å². The standard InChI is InChI=1S/C41H81NO5/c1-6-7-8-9-10-18-27-36-46-39(44)30-21-14-11-16-23-32-42(34-25-26-35-43)33-24-17-15-22-31-41(4,5)40(45)47-37-28-19-12-13-20-29-38(2)3/h38,43H,6-37H2,1-5H3. The average Bonchev–Trinajstić information content (AvgIpc) is 3.04. The number of nitrogens with zero attached hydrogens (tertiary/aromatic N) is 1. The van der Waals surface area contributed by atoms with Gasteiger partial charge in [-0.1, -0.05) is 130 Å². The van der Waals surface area contributed by atoms with Crippen LogP contribution in [0.15, 0.2) is 0 Å². The molecule has 280 valence electrons. The van der Waals surface area contributed by atoms with Crippen LogP contribution in [0.3, 0.4) is 0 Å². The van der Waals surface area contributed by atoms with E-state index in [1.807, 2.05) is 13.8 Å². The van der Waals surface area contributed by atoms with E-state index in [4.69, 9.17) is 9.47 Å². The van der Waals surface area contributed by atoms with Crippen LogP contribution in [-0.4, -0.2) is 61.4 Å². The number of hydrogen-bond acceptors (Lipinski definition) is 6. The van der Waals surface area contributed by atoms with Gasteiger partial charge in [-0.25, -0.2) is 0 Å². The maximum absolute atomic E-state index is 12.6. The molecular formula is C41H81NO5. The molecule has 0 fully saturated rings. The van der Waals surface area contributed by atoms with Crippen molar-refractivity contribution >= 4 is 11.9 Å². The number of aliphatic hydroxyl groups excluding tert-OH is 1. The molecule has 0 aromatic carbocycles. The first-order chi connectivity index (χ1) is 22.7. The zero-order valence-corrected chi connectivity index (χ0v) is 32.2. The average molecular weight is 668 g/mol. The molecule has 0 radical (unpaired) electrons. The highest BCUT2D eigenvalue weighted by atomic mass is 16.5. The fourth-order valence-electron chi connectivity index (χ4n) is 6.14. The Bertz CT molecular complexity index is 695. The number of rotatable bonds is 36. The van der Waals surface area contributed by atoms with E-state index in [1.165, 1.54) is 96.3 Å². The van der Waals surface area contributed by atoms with Gasteiger partial charge in [0.05, 0.1) is 18.6 Å². The molecule has 0 atom stereocenters. The topological polar surface area (TPSA) is 76.1 Å². The number of carbonyl (C=O) groups excluding carboxylic acids is 2. The summed E-state index contributed by atoms with van der Waals surface area (Å²) in [6.07, 6.45) is 29.5. The summed E-state index contributed by atoms with van der Waals surface area (Å²) in [4.78, 5) is 27.2. The normalized spacial score (nSPS) is 11.9. The van der Waals surface area contributed by atoms with Gasteiger partial charge in [0.1, 0.15) is 0 Å². The van der Waals surface area contributed by atoms with Crippen LogP contribution in [0.4, 0.5) is 0 Å². The third kappa shape index (κ3) is 31.9. The Balaban J connectivity index is 3.93. The minimum absolute atomic E-state index is 0.0249. The van der Waals surface area contributed by atoms with E-state index in [0.717, 1.165) is 89.8 Å². The van der Waals surface area contributed by atoms with Crippen molar-refractivity contribution in [3.05, 3.63) is 0 Å². The van der Waals surface area contributed by atoms with Crippen LogP contribution < -0.4 is 0 Å². The molecule has 6 nitrogen and oxygen atoms in total. The molecule has 0 saturated carbocycles. The molecule has 0 unspecified atom stereocenters. The van der Waals surface area contributed by atoms with Gasteiger partial charge in [0.15, 0.2) is 0 Å². The van der Waals surface area contributed by atoms with E-state index in [-0.39, 0.29) is 18.5 Å². The largest absolute Gasteiger partial charge is 0.466 e. The SMILES string of the molecule is CCCCCCCCCOC(=O)CCCCCCCN(CCCCO)CCCCCCC(C)(C)C(=O)OCCCCCCCC(C)C. The van der Waals surface area contributed by atoms with Crippen molar-refractivity contribution < 1.29 is 24.2 Å². The molecular weight excluding hydrogens is 586 g/mol. The Morgan fingerprint density at radius 1 is 0.596 bits per heavy atom. The van der Waals surface area contributed by atoms with Gasteiger partial charge in [0.25, 0.3) is 0 Å². The van der Waals surface area contributed by atoms with E-state index in [9.17, 15) is 14.7 Å². The predicted octanol–water partition coefficient (Wildman–Crippen LogP) is 11.2. The minimum atomic E-state index is -0.402. The highest BCUT2D eigenvalue weighted by Gasteiger charge is 2.28. The van der Waals surface area contributed by atoms with Crippen molar-refractivity contribution in [2.75, 3.05) is 39.5 Å². The molecule has 0 heterocycles. The fourth-order valence-corrected chi connectivity index (χ4v) is 6.14. The molecule has 0 aromatic heterocycles. The third-order valence-electron chi connectivity index (χ3n) is 9.49. The van der Waals surface area contributed by atoms with Gasteiger partial charge in [-0.2, -0.15) is 0 Å². The number of carbonyl (C=O) groups is 2. The van der Waals surface area contributed by atoms with E-state index in [0.29, 0.717) is 19.6 Å². The van der Waals surface area contributed by atoms with E-state index in [1.54, 1.807) is 0 Å². The monoisotopic (exact) mass is 668 g/mol. The van der Waals surface area contributed by atoms with Crippen molar-refractivity contribution in [3.63, 3.8) is 0 Å². The van der Waals surface area contributed by atoms with Crippen LogP contribution in [0.2, 0.25) is 0 Å². The Morgan fingerprint density at radius 2 is 1.06 bits per heavy atom. The molecule has 0 saturated heterocycles. The molecule has 0 bridgehead atoms. The number of unbranched alkanes of at least 4 members (excludes halogenated alkanes) is 18. The summed E-state index contributed by atoms with van der Waals surface area (Å²) in [6.45, 7) is 15.6. The molecule has 1 N–H and O–H groups in total. The van der Waals surface area contributed by atoms with E-state index in [2.05, 4.69) is 25.7 Å². The molecule has 6 heteroatoms.